The predicted octanol–water partition coefficient (Wildman–Crippen LogP) is 5.44. The molecule has 0 atom stereocenters. The van der Waals surface area contributed by atoms with Gasteiger partial charge >= 0.3 is 0 Å². The van der Waals surface area contributed by atoms with Gasteiger partial charge in [0.2, 0.25) is 0 Å². The van der Waals surface area contributed by atoms with E-state index in [0.717, 1.165) is 21.3 Å². The van der Waals surface area contributed by atoms with Crippen LogP contribution in [0.2, 0.25) is 5.02 Å². The second kappa shape index (κ2) is 5.93. The molecule has 19 heavy (non-hydrogen) atoms. The fourth-order valence-corrected chi connectivity index (χ4v) is 2.18. The molecular formula is C15H13BrClFO. The van der Waals surface area contributed by atoms with Gasteiger partial charge in [-0.25, -0.2) is 4.39 Å². The van der Waals surface area contributed by atoms with Crippen molar-refractivity contribution in [2.75, 3.05) is 0 Å². The fourth-order valence-electron chi connectivity index (χ4n) is 1.79. The van der Waals surface area contributed by atoms with E-state index in [1.807, 2.05) is 26.0 Å². The number of hydrogen-bond donors (Lipinski definition) is 0. The van der Waals surface area contributed by atoms with Crippen LogP contribution in [0.25, 0.3) is 0 Å². The minimum Gasteiger partial charge on any atom is -0.489 e. The zero-order chi connectivity index (χ0) is 14.0. The first-order chi connectivity index (χ1) is 8.97. The van der Waals surface area contributed by atoms with Crippen molar-refractivity contribution in [1.82, 2.24) is 0 Å². The Balaban J connectivity index is 2.14. The predicted molar refractivity (Wildman–Crippen MR) is 79.4 cm³/mol. The van der Waals surface area contributed by atoms with Crippen LogP contribution < -0.4 is 4.74 Å². The lowest BCUT2D eigenvalue weighted by atomic mass is 10.1. The lowest BCUT2D eigenvalue weighted by Crippen LogP contribution is -1.99. The second-order valence-electron chi connectivity index (χ2n) is 4.40. The van der Waals surface area contributed by atoms with E-state index in [2.05, 4.69) is 15.9 Å². The highest BCUT2D eigenvalue weighted by molar-refractivity contribution is 9.10. The summed E-state index contributed by atoms with van der Waals surface area (Å²) in [4.78, 5) is 0. The Hall–Kier alpha value is -1.06. The van der Waals surface area contributed by atoms with Crippen molar-refractivity contribution in [3.8, 4) is 5.75 Å². The van der Waals surface area contributed by atoms with Crippen LogP contribution in [0.15, 0.2) is 34.8 Å². The summed E-state index contributed by atoms with van der Waals surface area (Å²) in [5.41, 5.74) is 2.67. The number of halogens is 3. The molecule has 0 aliphatic carbocycles. The topological polar surface area (TPSA) is 9.23 Å². The lowest BCUT2D eigenvalue weighted by molar-refractivity contribution is 0.299. The molecule has 2 aromatic carbocycles. The first kappa shape index (κ1) is 14.4. The third kappa shape index (κ3) is 3.48. The van der Waals surface area contributed by atoms with E-state index in [9.17, 15) is 4.39 Å². The van der Waals surface area contributed by atoms with Crippen molar-refractivity contribution in [2.45, 2.75) is 20.5 Å². The maximum Gasteiger partial charge on any atom is 0.131 e. The average Bonchev–Trinajstić information content (AvgIpc) is 2.34. The fraction of sp³-hybridized carbons (Fsp3) is 0.200. The van der Waals surface area contributed by atoms with Gasteiger partial charge in [-0.3, -0.25) is 0 Å². The van der Waals surface area contributed by atoms with Crippen LogP contribution in [0.4, 0.5) is 4.39 Å². The van der Waals surface area contributed by atoms with Crippen molar-refractivity contribution < 1.29 is 9.13 Å². The van der Waals surface area contributed by atoms with Crippen molar-refractivity contribution in [3.63, 3.8) is 0 Å². The monoisotopic (exact) mass is 342 g/mol. The van der Waals surface area contributed by atoms with Gasteiger partial charge in [-0.05, 0) is 49.2 Å². The van der Waals surface area contributed by atoms with Gasteiger partial charge in [-0.1, -0.05) is 33.6 Å². The normalized spacial score (nSPS) is 10.6. The van der Waals surface area contributed by atoms with Gasteiger partial charge in [0, 0.05) is 15.1 Å². The minimum absolute atomic E-state index is 0.184. The summed E-state index contributed by atoms with van der Waals surface area (Å²) in [6, 6.07) is 8.42. The highest BCUT2D eigenvalue weighted by Crippen LogP contribution is 2.27. The van der Waals surface area contributed by atoms with Crippen molar-refractivity contribution in [2.24, 2.45) is 0 Å². The van der Waals surface area contributed by atoms with E-state index in [1.165, 1.54) is 6.07 Å². The molecule has 0 unspecified atom stereocenters. The SMILES string of the molecule is Cc1cc(OCc2ccc(Cl)cc2F)cc(C)c1Br. The first-order valence-corrected chi connectivity index (χ1v) is 6.98. The molecule has 0 bridgehead atoms. The maximum atomic E-state index is 13.6. The highest BCUT2D eigenvalue weighted by Gasteiger charge is 2.06. The van der Waals surface area contributed by atoms with Crippen LogP contribution >= 0.6 is 27.5 Å². The third-order valence-electron chi connectivity index (χ3n) is 2.82. The van der Waals surface area contributed by atoms with E-state index in [0.29, 0.717) is 10.6 Å². The Morgan fingerprint density at radius 1 is 1.16 bits per heavy atom. The standard InChI is InChI=1S/C15H13BrClFO/c1-9-5-13(6-10(2)15(9)16)19-8-11-3-4-12(17)7-14(11)18/h3-7H,8H2,1-2H3. The van der Waals surface area contributed by atoms with Gasteiger partial charge in [0.05, 0.1) is 0 Å². The molecular weight excluding hydrogens is 331 g/mol. The quantitative estimate of drug-likeness (QED) is 0.721. The summed E-state index contributed by atoms with van der Waals surface area (Å²) in [7, 11) is 0. The van der Waals surface area contributed by atoms with Crippen LogP contribution in [-0.4, -0.2) is 0 Å². The minimum atomic E-state index is -0.349. The Morgan fingerprint density at radius 2 is 1.79 bits per heavy atom. The van der Waals surface area contributed by atoms with Gasteiger partial charge in [-0.2, -0.15) is 0 Å². The molecule has 4 heteroatoms. The highest BCUT2D eigenvalue weighted by atomic mass is 79.9. The molecule has 0 saturated carbocycles. The summed E-state index contributed by atoms with van der Waals surface area (Å²) in [6.07, 6.45) is 0. The Morgan fingerprint density at radius 3 is 2.37 bits per heavy atom. The Bertz CT molecular complexity index is 590. The molecule has 0 aliphatic heterocycles. The van der Waals surface area contributed by atoms with Gasteiger partial charge in [0.25, 0.3) is 0 Å². The molecule has 0 amide bonds. The van der Waals surface area contributed by atoms with Crippen LogP contribution in [0.1, 0.15) is 16.7 Å². The van der Waals surface area contributed by atoms with Gasteiger partial charge in [-0.15, -0.1) is 0 Å². The molecule has 2 aromatic rings. The second-order valence-corrected chi connectivity index (χ2v) is 5.62. The molecule has 0 N–H and O–H groups in total. The molecule has 2 rings (SSSR count). The number of rotatable bonds is 3. The van der Waals surface area contributed by atoms with Crippen LogP contribution in [0.5, 0.6) is 5.75 Å². The Kier molecular flexibility index (Phi) is 4.48. The number of hydrogen-bond acceptors (Lipinski definition) is 1. The van der Waals surface area contributed by atoms with Crippen LogP contribution in [0, 0.1) is 19.7 Å². The first-order valence-electron chi connectivity index (χ1n) is 5.81. The Labute approximate surface area is 125 Å². The number of aryl methyl sites for hydroxylation is 2. The summed E-state index contributed by atoms with van der Waals surface area (Å²) in [5.74, 6) is 0.380. The summed E-state index contributed by atoms with van der Waals surface area (Å²) in [6.45, 7) is 4.17. The zero-order valence-electron chi connectivity index (χ0n) is 10.6. The van der Waals surface area contributed by atoms with Crippen molar-refractivity contribution >= 4 is 27.5 Å². The smallest absolute Gasteiger partial charge is 0.131 e. The van der Waals surface area contributed by atoms with Gasteiger partial charge in [0.15, 0.2) is 0 Å². The molecule has 0 fully saturated rings. The van der Waals surface area contributed by atoms with Gasteiger partial charge < -0.3 is 4.74 Å². The molecule has 1 nitrogen and oxygen atoms in total. The molecule has 0 heterocycles. The average molecular weight is 344 g/mol. The van der Waals surface area contributed by atoms with Crippen molar-refractivity contribution in [1.29, 1.82) is 0 Å². The summed E-state index contributed by atoms with van der Waals surface area (Å²) in [5, 5.41) is 0.386. The van der Waals surface area contributed by atoms with E-state index < -0.39 is 0 Å². The van der Waals surface area contributed by atoms with Crippen LogP contribution in [0.3, 0.4) is 0 Å². The molecule has 0 radical (unpaired) electrons. The summed E-state index contributed by atoms with van der Waals surface area (Å²) >= 11 is 9.21. The lowest BCUT2D eigenvalue weighted by Gasteiger charge is -2.10. The number of ether oxygens (including phenoxy) is 1. The van der Waals surface area contributed by atoms with Crippen LogP contribution in [-0.2, 0) is 6.61 Å². The summed E-state index contributed by atoms with van der Waals surface area (Å²) < 4.78 is 20.3. The number of benzene rings is 2. The largest absolute Gasteiger partial charge is 0.489 e. The van der Waals surface area contributed by atoms with E-state index >= 15 is 0 Å². The maximum absolute atomic E-state index is 13.6. The molecule has 0 aliphatic rings. The van der Waals surface area contributed by atoms with E-state index in [4.69, 9.17) is 16.3 Å². The molecule has 0 aromatic heterocycles. The van der Waals surface area contributed by atoms with E-state index in [-0.39, 0.29) is 12.4 Å². The van der Waals surface area contributed by atoms with Gasteiger partial charge in [0.1, 0.15) is 18.2 Å². The van der Waals surface area contributed by atoms with E-state index in [1.54, 1.807) is 12.1 Å². The molecule has 0 spiro atoms. The van der Waals surface area contributed by atoms with Crippen molar-refractivity contribution in [3.05, 3.63) is 62.3 Å². The zero-order valence-corrected chi connectivity index (χ0v) is 13.0. The molecule has 100 valence electrons. The third-order valence-corrected chi connectivity index (χ3v) is 4.31. The molecule has 0 saturated heterocycles.